The van der Waals surface area contributed by atoms with Crippen LogP contribution in [0.4, 0.5) is 85.3 Å². The lowest BCUT2D eigenvalue weighted by atomic mass is 9.30. The molecule has 0 saturated carbocycles. The molecule has 17 aromatic rings. The smallest absolute Gasteiger partial charge is 0.273 e. The Labute approximate surface area is 633 Å². The van der Waals surface area contributed by atoms with Crippen molar-refractivity contribution in [2.24, 2.45) is 0 Å². The molecule has 108 heavy (non-hydrogen) atoms. The summed E-state index contributed by atoms with van der Waals surface area (Å²) < 4.78 is 35.3. The molecule has 0 fully saturated rings. The third-order valence-electron chi connectivity index (χ3n) is 22.1. The molecular weight excluding hydrogens is 1360 g/mol. The summed E-state index contributed by atoms with van der Waals surface area (Å²) >= 11 is 3.64. The number of fused-ring (bicyclic) bond motifs is 16. The molecule has 14 heteroatoms. The summed E-state index contributed by atoms with van der Waals surface area (Å²) in [7, 11) is 0. The summed E-state index contributed by atoms with van der Waals surface area (Å²) in [6, 6.07) is 126. The molecule has 0 unspecified atom stereocenters. The van der Waals surface area contributed by atoms with Crippen molar-refractivity contribution in [1.82, 2.24) is 0 Å². The Morgan fingerprint density at radius 1 is 0.231 bits per heavy atom. The average molecular weight is 1420 g/mol. The minimum absolute atomic E-state index is 0.255. The van der Waals surface area contributed by atoms with Crippen LogP contribution in [0.25, 0.3) is 20.2 Å². The predicted octanol–water partition coefficient (Wildman–Crippen LogP) is 20.1. The highest BCUT2D eigenvalue weighted by Gasteiger charge is 2.51. The number of benzene rings is 15. The van der Waals surface area contributed by atoms with Crippen LogP contribution in [0.15, 0.2) is 352 Å². The van der Waals surface area contributed by atoms with Crippen LogP contribution in [-0.2, 0) is 0 Å². The molecule has 8 heterocycles. The summed E-state index contributed by atoms with van der Waals surface area (Å²) in [5.41, 5.74) is 22.6. The van der Waals surface area contributed by atoms with Crippen molar-refractivity contribution in [3.05, 3.63) is 352 Å². The van der Waals surface area contributed by atoms with Crippen molar-refractivity contribution >= 4 is 196 Å². The predicted molar refractivity (Wildman–Crippen MR) is 451 cm³/mol. The van der Waals surface area contributed by atoms with Gasteiger partial charge in [-0.25, -0.2) is 0 Å². The first kappa shape index (κ1) is 61.0. The Kier molecular flexibility index (Phi) is 13.6. The summed E-state index contributed by atoms with van der Waals surface area (Å²) in [4.78, 5) is 11.9. The van der Waals surface area contributed by atoms with Crippen LogP contribution in [-0.4, -0.2) is 20.1 Å². The van der Waals surface area contributed by atoms with E-state index in [1.165, 1.54) is 4.70 Å². The molecule has 0 radical (unpaired) electrons. The number of para-hydroxylation sites is 8. The molecule has 0 saturated heterocycles. The maximum atomic E-state index is 7.97. The molecule has 23 rings (SSSR count). The van der Waals surface area contributed by atoms with E-state index < -0.39 is 0 Å². The molecule has 15 aromatic carbocycles. The van der Waals surface area contributed by atoms with Crippen molar-refractivity contribution in [2.45, 2.75) is 0 Å². The van der Waals surface area contributed by atoms with Crippen LogP contribution in [0, 0.1) is 0 Å². The van der Waals surface area contributed by atoms with E-state index in [4.69, 9.17) is 18.9 Å². The summed E-state index contributed by atoms with van der Waals surface area (Å²) in [6.07, 6.45) is 0. The number of thiophene rings is 2. The quantitative estimate of drug-likeness (QED) is 0.118. The maximum Gasteiger partial charge on any atom is 0.273 e. The lowest BCUT2D eigenvalue weighted by Gasteiger charge is -2.44. The summed E-state index contributed by atoms with van der Waals surface area (Å²) in [6.45, 7) is -0.902. The highest BCUT2D eigenvalue weighted by Crippen LogP contribution is 2.53. The van der Waals surface area contributed by atoms with E-state index in [1.54, 1.807) is 0 Å². The Balaban J connectivity index is 0.802. The second-order valence-corrected chi connectivity index (χ2v) is 30.3. The first-order valence-electron chi connectivity index (χ1n) is 36.6. The topological polar surface area (TPSA) is 53.1 Å². The van der Waals surface area contributed by atoms with E-state index >= 15 is 0 Å². The normalized spacial score (nSPS) is 13.2. The molecule has 0 N–H and O–H groups in total. The van der Waals surface area contributed by atoms with E-state index in [1.807, 2.05) is 22.7 Å². The standard InChI is InChI=1S/C94H58B3N5O4S2/c1-9-29-59(30-10-1)98(60-31-11-2-12-32-60)67-49-78-88-82(51-67)103-80-58-77-73(96-89-79(102(77)66-43-23-8-24-44-66)50-68(99(61-33-13-3-14-34-61)62-35-15-4-16-36-62)52-83(89)105-91-70-45-25-27-47-86(70)107-93(91)96)56-74(80)95(88)72-55-75-81(57-76(72)101(78)65-41-21-7-22-42-65)104-84-53-69(100(63-37-17-5-18-38-63)64-39-19-6-20-40-64)54-85-90(84)97(75)94-92(106-85)71-46-26-28-48-87(71)108-94/h1-58H. The lowest BCUT2D eigenvalue weighted by molar-refractivity contribution is 0.468. The van der Waals surface area contributed by atoms with Gasteiger partial charge >= 0.3 is 0 Å². The Hall–Kier alpha value is -13.4. The van der Waals surface area contributed by atoms with Gasteiger partial charge in [-0.3, -0.25) is 0 Å². The number of hydrogen-bond donors (Lipinski definition) is 0. The number of hydrogen-bond acceptors (Lipinski definition) is 11. The molecule has 0 atom stereocenters. The zero-order valence-corrected chi connectivity index (χ0v) is 59.5. The Bertz CT molecular complexity index is 6390. The van der Waals surface area contributed by atoms with E-state index in [0.717, 1.165) is 195 Å². The zero-order valence-electron chi connectivity index (χ0n) is 57.9. The van der Waals surface area contributed by atoms with Crippen molar-refractivity contribution in [3.63, 3.8) is 0 Å². The fourth-order valence-electron chi connectivity index (χ4n) is 17.7. The minimum atomic E-state index is -0.379. The summed E-state index contributed by atoms with van der Waals surface area (Å²) in [5, 5.41) is 2.18. The van der Waals surface area contributed by atoms with Gasteiger partial charge in [0.1, 0.15) is 46.0 Å². The molecule has 0 amide bonds. The highest BCUT2D eigenvalue weighted by molar-refractivity contribution is 7.34. The van der Waals surface area contributed by atoms with Gasteiger partial charge in [0.25, 0.3) is 20.1 Å². The summed E-state index contributed by atoms with van der Waals surface area (Å²) in [5.74, 6) is 6.40. The van der Waals surface area contributed by atoms with Crippen LogP contribution < -0.4 is 91.2 Å². The van der Waals surface area contributed by atoms with Gasteiger partial charge in [-0.05, 0) is 166 Å². The Morgan fingerprint density at radius 3 is 0.926 bits per heavy atom. The van der Waals surface area contributed by atoms with Crippen LogP contribution in [0.5, 0.6) is 46.0 Å². The van der Waals surface area contributed by atoms with Crippen LogP contribution >= 0.6 is 22.7 Å². The first-order chi connectivity index (χ1) is 53.6. The van der Waals surface area contributed by atoms with Gasteiger partial charge in [0.15, 0.2) is 0 Å². The molecular formula is C94H58B3N5O4S2. The van der Waals surface area contributed by atoms with Gasteiger partial charge in [-0.2, -0.15) is 0 Å². The first-order valence-corrected chi connectivity index (χ1v) is 38.2. The van der Waals surface area contributed by atoms with E-state index in [9.17, 15) is 0 Å². The molecule has 0 spiro atoms. The Morgan fingerprint density at radius 2 is 0.528 bits per heavy atom. The fourth-order valence-corrected chi connectivity index (χ4v) is 20.2. The monoisotopic (exact) mass is 1420 g/mol. The lowest BCUT2D eigenvalue weighted by Crippen LogP contribution is -2.64. The molecule has 9 nitrogen and oxygen atoms in total. The van der Waals surface area contributed by atoms with Crippen molar-refractivity contribution in [2.75, 3.05) is 24.5 Å². The minimum Gasteiger partial charge on any atom is -0.458 e. The third kappa shape index (κ3) is 9.33. The molecule has 6 aliphatic rings. The fraction of sp³-hybridized carbons (Fsp3) is 0. The molecule has 2 aromatic heterocycles. The second kappa shape index (κ2) is 24.1. The van der Waals surface area contributed by atoms with Gasteiger partial charge in [0.05, 0.1) is 17.1 Å². The molecule has 0 bridgehead atoms. The number of ether oxygens (including phenoxy) is 4. The van der Waals surface area contributed by atoms with Gasteiger partial charge in [-0.15, -0.1) is 22.7 Å². The van der Waals surface area contributed by atoms with Crippen LogP contribution in [0.1, 0.15) is 0 Å². The van der Waals surface area contributed by atoms with Gasteiger partial charge in [0, 0.05) is 140 Å². The molecule has 6 aliphatic heterocycles. The van der Waals surface area contributed by atoms with E-state index in [2.05, 4.69) is 376 Å². The average Bonchev–Trinajstić information content (AvgIpc) is 0.927. The zero-order chi connectivity index (χ0) is 70.7. The van der Waals surface area contributed by atoms with Crippen molar-refractivity contribution in [1.29, 1.82) is 0 Å². The maximum absolute atomic E-state index is 7.97. The van der Waals surface area contributed by atoms with E-state index in [0.29, 0.717) is 0 Å². The van der Waals surface area contributed by atoms with Crippen molar-refractivity contribution < 1.29 is 18.9 Å². The van der Waals surface area contributed by atoms with Gasteiger partial charge in [0.2, 0.25) is 0 Å². The SMILES string of the molecule is c1ccc(N(c2ccccc2)c2cc3c4c(c2)Oc2c(sc5ccccc25)B4c2cc4c(cc2O3)N(c2ccccc2)c2cc(N(c3ccccc3)c3ccccc3)cc3c2B4c2cc4c(cc2O3)N(c2ccccc2)c2cc(N(c3ccccc3)c3ccccc3)cc3c2B4c2sc4ccccc4c2O3)cc1. The van der Waals surface area contributed by atoms with Gasteiger partial charge < -0.3 is 43.4 Å². The number of nitrogens with zero attached hydrogens (tertiary/aromatic N) is 5. The molecule has 0 aliphatic carbocycles. The molecule has 504 valence electrons. The van der Waals surface area contributed by atoms with Crippen LogP contribution in [0.2, 0.25) is 0 Å². The van der Waals surface area contributed by atoms with Crippen molar-refractivity contribution in [3.8, 4) is 46.0 Å². The van der Waals surface area contributed by atoms with Crippen LogP contribution in [0.3, 0.4) is 0 Å². The third-order valence-corrected chi connectivity index (χ3v) is 24.6. The van der Waals surface area contributed by atoms with E-state index in [-0.39, 0.29) is 20.1 Å². The number of rotatable bonds is 11. The highest BCUT2D eigenvalue weighted by atomic mass is 32.1. The second-order valence-electron chi connectivity index (χ2n) is 28.2. The largest absolute Gasteiger partial charge is 0.458 e. The van der Waals surface area contributed by atoms with Gasteiger partial charge in [-0.1, -0.05) is 182 Å². The number of anilines is 15.